The van der Waals surface area contributed by atoms with E-state index in [-0.39, 0.29) is 17.5 Å². The van der Waals surface area contributed by atoms with Crippen LogP contribution in [0, 0.1) is 0 Å². The van der Waals surface area contributed by atoms with Gasteiger partial charge in [-0.25, -0.2) is 13.1 Å². The van der Waals surface area contributed by atoms with Crippen molar-refractivity contribution in [3.05, 3.63) is 23.8 Å². The standard InChI is InChI=1S/C14H24N2O4S/c1-4-19-10-11(3)16-21(17,18)13-6-7-14(20-5-2)12(8-13)9-15/h6-8,11,16H,4-5,9-10,15H2,1-3H3. The third kappa shape index (κ3) is 5.28. The summed E-state index contributed by atoms with van der Waals surface area (Å²) in [6.45, 7) is 7.08. The van der Waals surface area contributed by atoms with E-state index in [2.05, 4.69) is 4.72 Å². The summed E-state index contributed by atoms with van der Waals surface area (Å²) in [7, 11) is -3.60. The van der Waals surface area contributed by atoms with Crippen LogP contribution in [0.1, 0.15) is 26.3 Å². The van der Waals surface area contributed by atoms with Gasteiger partial charge in [-0.05, 0) is 39.0 Å². The molecule has 1 aromatic rings. The molecule has 0 saturated carbocycles. The van der Waals surface area contributed by atoms with Gasteiger partial charge in [-0.2, -0.15) is 0 Å². The minimum Gasteiger partial charge on any atom is -0.494 e. The number of rotatable bonds is 9. The molecule has 0 aliphatic heterocycles. The van der Waals surface area contributed by atoms with Crippen molar-refractivity contribution in [1.82, 2.24) is 4.72 Å². The van der Waals surface area contributed by atoms with E-state index < -0.39 is 10.0 Å². The Morgan fingerprint density at radius 2 is 2.00 bits per heavy atom. The first-order chi connectivity index (χ1) is 9.94. The largest absolute Gasteiger partial charge is 0.494 e. The number of nitrogens with one attached hydrogen (secondary N) is 1. The van der Waals surface area contributed by atoms with Gasteiger partial charge in [0.25, 0.3) is 0 Å². The maximum Gasteiger partial charge on any atom is 0.240 e. The second-order valence-electron chi connectivity index (χ2n) is 4.59. The smallest absolute Gasteiger partial charge is 0.240 e. The second kappa shape index (κ2) is 8.33. The fourth-order valence-corrected chi connectivity index (χ4v) is 3.12. The molecule has 0 heterocycles. The highest BCUT2D eigenvalue weighted by Crippen LogP contribution is 2.22. The van der Waals surface area contributed by atoms with Gasteiger partial charge in [0.2, 0.25) is 10.0 Å². The van der Waals surface area contributed by atoms with E-state index in [0.29, 0.717) is 31.1 Å². The highest BCUT2D eigenvalue weighted by atomic mass is 32.2. The second-order valence-corrected chi connectivity index (χ2v) is 6.30. The molecule has 21 heavy (non-hydrogen) atoms. The zero-order valence-corrected chi connectivity index (χ0v) is 13.6. The maximum absolute atomic E-state index is 12.3. The van der Waals surface area contributed by atoms with Crippen molar-refractivity contribution >= 4 is 10.0 Å². The number of ether oxygens (including phenoxy) is 2. The average Bonchev–Trinajstić information content (AvgIpc) is 2.45. The van der Waals surface area contributed by atoms with Crippen molar-refractivity contribution in [1.29, 1.82) is 0 Å². The molecule has 0 amide bonds. The number of benzene rings is 1. The minimum atomic E-state index is -3.60. The van der Waals surface area contributed by atoms with Crippen molar-refractivity contribution in [2.45, 2.75) is 38.3 Å². The first kappa shape index (κ1) is 17.9. The van der Waals surface area contributed by atoms with Gasteiger partial charge in [-0.1, -0.05) is 0 Å². The van der Waals surface area contributed by atoms with Crippen molar-refractivity contribution in [3.63, 3.8) is 0 Å². The summed E-state index contributed by atoms with van der Waals surface area (Å²) in [5, 5.41) is 0. The molecule has 0 fully saturated rings. The molecule has 3 N–H and O–H groups in total. The molecule has 6 nitrogen and oxygen atoms in total. The molecule has 0 saturated heterocycles. The molecule has 0 bridgehead atoms. The van der Waals surface area contributed by atoms with Gasteiger partial charge in [-0.3, -0.25) is 0 Å². The van der Waals surface area contributed by atoms with Crippen LogP contribution in [0.25, 0.3) is 0 Å². The number of hydrogen-bond acceptors (Lipinski definition) is 5. The van der Waals surface area contributed by atoms with Crippen molar-refractivity contribution in [3.8, 4) is 5.75 Å². The molecule has 1 aromatic carbocycles. The maximum atomic E-state index is 12.3. The lowest BCUT2D eigenvalue weighted by Gasteiger charge is -2.15. The van der Waals surface area contributed by atoms with E-state index in [4.69, 9.17) is 15.2 Å². The zero-order valence-electron chi connectivity index (χ0n) is 12.8. The molecular formula is C14H24N2O4S. The predicted octanol–water partition coefficient (Wildman–Crippen LogP) is 1.25. The molecule has 0 radical (unpaired) electrons. The Morgan fingerprint density at radius 1 is 1.29 bits per heavy atom. The van der Waals surface area contributed by atoms with Crippen LogP contribution in [0.2, 0.25) is 0 Å². The quantitative estimate of drug-likeness (QED) is 0.715. The predicted molar refractivity (Wildman–Crippen MR) is 81.8 cm³/mol. The monoisotopic (exact) mass is 316 g/mol. The highest BCUT2D eigenvalue weighted by Gasteiger charge is 2.19. The highest BCUT2D eigenvalue weighted by molar-refractivity contribution is 7.89. The summed E-state index contributed by atoms with van der Waals surface area (Å²) in [5.74, 6) is 0.612. The van der Waals surface area contributed by atoms with Crippen LogP contribution in [0.4, 0.5) is 0 Å². The Hall–Kier alpha value is -1.15. The Morgan fingerprint density at radius 3 is 2.57 bits per heavy atom. The number of nitrogens with two attached hydrogens (primary N) is 1. The topological polar surface area (TPSA) is 90.6 Å². The molecular weight excluding hydrogens is 292 g/mol. The fourth-order valence-electron chi connectivity index (χ4n) is 1.84. The van der Waals surface area contributed by atoms with Crippen LogP contribution >= 0.6 is 0 Å². The third-order valence-electron chi connectivity index (χ3n) is 2.79. The summed E-state index contributed by atoms with van der Waals surface area (Å²) in [6, 6.07) is 4.39. The van der Waals surface area contributed by atoms with Gasteiger partial charge in [0.1, 0.15) is 5.75 Å². The Labute approximate surface area is 126 Å². The van der Waals surface area contributed by atoms with Gasteiger partial charge in [0.15, 0.2) is 0 Å². The van der Waals surface area contributed by atoms with Gasteiger partial charge < -0.3 is 15.2 Å². The number of hydrogen-bond donors (Lipinski definition) is 2. The van der Waals surface area contributed by atoms with E-state index in [1.54, 1.807) is 19.1 Å². The van der Waals surface area contributed by atoms with Gasteiger partial charge in [-0.15, -0.1) is 0 Å². The lowest BCUT2D eigenvalue weighted by atomic mass is 10.2. The molecule has 0 aromatic heterocycles. The van der Waals surface area contributed by atoms with Crippen LogP contribution in [0.3, 0.4) is 0 Å². The van der Waals surface area contributed by atoms with E-state index in [9.17, 15) is 8.42 Å². The summed E-state index contributed by atoms with van der Waals surface area (Å²) in [6.07, 6.45) is 0. The Kier molecular flexibility index (Phi) is 7.10. The van der Waals surface area contributed by atoms with Crippen molar-refractivity contribution in [2.24, 2.45) is 5.73 Å². The van der Waals surface area contributed by atoms with Gasteiger partial charge in [0.05, 0.1) is 18.1 Å². The summed E-state index contributed by atoms with van der Waals surface area (Å²) >= 11 is 0. The third-order valence-corrected chi connectivity index (χ3v) is 4.38. The zero-order chi connectivity index (χ0) is 15.9. The summed E-state index contributed by atoms with van der Waals surface area (Å²) in [4.78, 5) is 0.176. The first-order valence-electron chi connectivity index (χ1n) is 7.00. The SMILES string of the molecule is CCOCC(C)NS(=O)(=O)c1ccc(OCC)c(CN)c1. The van der Waals surface area contributed by atoms with Crippen molar-refractivity contribution in [2.75, 3.05) is 19.8 Å². The van der Waals surface area contributed by atoms with Crippen LogP contribution in [0.5, 0.6) is 5.75 Å². The Bertz CT molecular complexity index is 546. The average molecular weight is 316 g/mol. The summed E-state index contributed by atoms with van der Waals surface area (Å²) in [5.41, 5.74) is 6.31. The molecule has 0 spiro atoms. The van der Waals surface area contributed by atoms with E-state index >= 15 is 0 Å². The van der Waals surface area contributed by atoms with Crippen LogP contribution in [-0.4, -0.2) is 34.3 Å². The van der Waals surface area contributed by atoms with Crippen LogP contribution in [-0.2, 0) is 21.3 Å². The van der Waals surface area contributed by atoms with Gasteiger partial charge in [0, 0.05) is 24.8 Å². The number of sulfonamides is 1. The molecule has 1 unspecified atom stereocenters. The summed E-state index contributed by atoms with van der Waals surface area (Å²) < 4.78 is 37.8. The minimum absolute atomic E-state index is 0.176. The molecule has 120 valence electrons. The van der Waals surface area contributed by atoms with E-state index in [0.717, 1.165) is 0 Å². The Balaban J connectivity index is 2.92. The fraction of sp³-hybridized carbons (Fsp3) is 0.571. The molecule has 1 rings (SSSR count). The molecule has 0 aliphatic rings. The normalized spacial score (nSPS) is 13.1. The van der Waals surface area contributed by atoms with E-state index in [1.807, 2.05) is 13.8 Å². The lowest BCUT2D eigenvalue weighted by molar-refractivity contribution is 0.133. The van der Waals surface area contributed by atoms with Crippen molar-refractivity contribution < 1.29 is 17.9 Å². The molecule has 1 atom stereocenters. The van der Waals surface area contributed by atoms with Crippen LogP contribution < -0.4 is 15.2 Å². The first-order valence-corrected chi connectivity index (χ1v) is 8.48. The molecule has 0 aliphatic carbocycles. The van der Waals surface area contributed by atoms with Gasteiger partial charge >= 0.3 is 0 Å². The van der Waals surface area contributed by atoms with Crippen LogP contribution in [0.15, 0.2) is 23.1 Å². The van der Waals surface area contributed by atoms with E-state index in [1.165, 1.54) is 6.07 Å². The molecule has 7 heteroatoms. The lowest BCUT2D eigenvalue weighted by Crippen LogP contribution is -2.36.